The first-order valence-corrected chi connectivity index (χ1v) is 5.08. The Kier molecular flexibility index (Phi) is 3.92. The van der Waals surface area contributed by atoms with Crippen molar-refractivity contribution in [3.05, 3.63) is 0 Å². The molecule has 12 heavy (non-hydrogen) atoms. The fourth-order valence-corrected chi connectivity index (χ4v) is 1.55. The van der Waals surface area contributed by atoms with Crippen LogP contribution in [-0.2, 0) is 0 Å². The number of halogens is 1. The van der Waals surface area contributed by atoms with Gasteiger partial charge in [-0.2, -0.15) is 0 Å². The molecule has 72 valence electrons. The van der Waals surface area contributed by atoms with Crippen LogP contribution in [0.2, 0.25) is 0 Å². The Morgan fingerprint density at radius 3 is 2.25 bits per heavy atom. The number of β-amino-alcohol motifs (C(OH)–C–C–N with tert-alkyl or cyclic N) is 3. The molecule has 0 aromatic carbocycles. The molecule has 0 radical (unpaired) electrons. The van der Waals surface area contributed by atoms with Gasteiger partial charge in [-0.25, -0.2) is 0 Å². The van der Waals surface area contributed by atoms with Crippen LogP contribution in [0.5, 0.6) is 0 Å². The standard InChI is InChI=1S/C7H14BrNO3/c8-1-5(10)2-9-3-6(11)7(12)4-9/h5-7,10-12H,1-4H2. The van der Waals surface area contributed by atoms with Crippen molar-refractivity contribution in [1.82, 2.24) is 4.90 Å². The van der Waals surface area contributed by atoms with E-state index in [0.29, 0.717) is 25.0 Å². The molecular formula is C7H14BrNO3. The molecule has 0 aliphatic carbocycles. The second kappa shape index (κ2) is 4.53. The predicted molar refractivity (Wildman–Crippen MR) is 48.3 cm³/mol. The van der Waals surface area contributed by atoms with Gasteiger partial charge in [-0.15, -0.1) is 0 Å². The Morgan fingerprint density at radius 1 is 1.33 bits per heavy atom. The highest BCUT2D eigenvalue weighted by Crippen LogP contribution is 2.10. The van der Waals surface area contributed by atoms with E-state index in [2.05, 4.69) is 15.9 Å². The number of hydrogen-bond donors (Lipinski definition) is 3. The Morgan fingerprint density at radius 2 is 1.83 bits per heavy atom. The van der Waals surface area contributed by atoms with Crippen LogP contribution >= 0.6 is 15.9 Å². The van der Waals surface area contributed by atoms with E-state index in [0.717, 1.165) is 0 Å². The lowest BCUT2D eigenvalue weighted by molar-refractivity contribution is 0.0572. The van der Waals surface area contributed by atoms with Crippen molar-refractivity contribution in [2.75, 3.05) is 25.0 Å². The molecule has 1 heterocycles. The molecule has 1 saturated heterocycles. The van der Waals surface area contributed by atoms with Crippen molar-refractivity contribution in [1.29, 1.82) is 0 Å². The first-order valence-electron chi connectivity index (χ1n) is 3.96. The lowest BCUT2D eigenvalue weighted by Gasteiger charge is -2.17. The van der Waals surface area contributed by atoms with Gasteiger partial charge in [-0.1, -0.05) is 15.9 Å². The third-order valence-electron chi connectivity index (χ3n) is 1.98. The van der Waals surface area contributed by atoms with Gasteiger partial charge in [0.1, 0.15) is 0 Å². The quantitative estimate of drug-likeness (QED) is 0.541. The van der Waals surface area contributed by atoms with Crippen LogP contribution in [0.25, 0.3) is 0 Å². The van der Waals surface area contributed by atoms with E-state index in [9.17, 15) is 5.11 Å². The molecule has 1 rings (SSSR count). The summed E-state index contributed by atoms with van der Waals surface area (Å²) < 4.78 is 0. The first-order chi connectivity index (χ1) is 5.63. The fourth-order valence-electron chi connectivity index (χ4n) is 1.34. The number of aliphatic hydroxyl groups is 3. The Bertz CT molecular complexity index is 137. The number of hydrogen-bond acceptors (Lipinski definition) is 4. The lowest BCUT2D eigenvalue weighted by atomic mass is 10.3. The van der Waals surface area contributed by atoms with E-state index in [1.165, 1.54) is 0 Å². The van der Waals surface area contributed by atoms with Gasteiger partial charge in [0.25, 0.3) is 0 Å². The maximum Gasteiger partial charge on any atom is 0.0938 e. The van der Waals surface area contributed by atoms with Gasteiger partial charge in [-0.3, -0.25) is 4.90 Å². The number of nitrogens with zero attached hydrogens (tertiary/aromatic N) is 1. The molecule has 0 bridgehead atoms. The zero-order valence-corrected chi connectivity index (χ0v) is 8.31. The van der Waals surface area contributed by atoms with Crippen molar-refractivity contribution in [3.8, 4) is 0 Å². The summed E-state index contributed by atoms with van der Waals surface area (Å²) in [5.41, 5.74) is 0. The van der Waals surface area contributed by atoms with E-state index in [-0.39, 0.29) is 0 Å². The molecule has 3 atom stereocenters. The van der Waals surface area contributed by atoms with E-state index in [4.69, 9.17) is 10.2 Å². The molecular weight excluding hydrogens is 226 g/mol. The largest absolute Gasteiger partial charge is 0.391 e. The van der Waals surface area contributed by atoms with Crippen LogP contribution in [0.1, 0.15) is 0 Å². The zero-order chi connectivity index (χ0) is 9.14. The molecule has 1 fully saturated rings. The monoisotopic (exact) mass is 239 g/mol. The first kappa shape index (κ1) is 10.4. The maximum atomic E-state index is 9.24. The second-order valence-electron chi connectivity index (χ2n) is 3.16. The number of aliphatic hydroxyl groups excluding tert-OH is 3. The minimum absolute atomic E-state index is 0.428. The smallest absolute Gasteiger partial charge is 0.0938 e. The van der Waals surface area contributed by atoms with Crippen LogP contribution in [0, 0.1) is 0 Å². The molecule has 3 N–H and O–H groups in total. The summed E-state index contributed by atoms with van der Waals surface area (Å²) >= 11 is 3.15. The summed E-state index contributed by atoms with van der Waals surface area (Å²) in [6, 6.07) is 0. The number of rotatable bonds is 3. The topological polar surface area (TPSA) is 63.9 Å². The third kappa shape index (κ3) is 2.67. The average Bonchev–Trinajstić information content (AvgIpc) is 2.31. The third-order valence-corrected chi connectivity index (χ3v) is 2.73. The molecule has 3 unspecified atom stereocenters. The molecule has 4 nitrogen and oxygen atoms in total. The lowest BCUT2D eigenvalue weighted by Crippen LogP contribution is -2.32. The van der Waals surface area contributed by atoms with Gasteiger partial charge in [-0.05, 0) is 0 Å². The SMILES string of the molecule is OC(CBr)CN1CC(O)C(O)C1. The average molecular weight is 240 g/mol. The highest BCUT2D eigenvalue weighted by molar-refractivity contribution is 9.09. The van der Waals surface area contributed by atoms with Crippen molar-refractivity contribution in [3.63, 3.8) is 0 Å². The molecule has 0 amide bonds. The minimum atomic E-state index is -0.660. The number of alkyl halides is 1. The van der Waals surface area contributed by atoms with Gasteiger partial charge >= 0.3 is 0 Å². The molecule has 1 aliphatic rings. The number of likely N-dealkylation sites (tertiary alicyclic amines) is 1. The highest BCUT2D eigenvalue weighted by atomic mass is 79.9. The summed E-state index contributed by atoms with van der Waals surface area (Å²) in [5.74, 6) is 0. The molecule has 0 aromatic rings. The van der Waals surface area contributed by atoms with E-state index < -0.39 is 18.3 Å². The minimum Gasteiger partial charge on any atom is -0.391 e. The second-order valence-corrected chi connectivity index (χ2v) is 3.81. The predicted octanol–water partition coefficient (Wildman–Crippen LogP) is -1.22. The Hall–Kier alpha value is 0.320. The van der Waals surface area contributed by atoms with Crippen molar-refractivity contribution < 1.29 is 15.3 Å². The van der Waals surface area contributed by atoms with Crippen LogP contribution in [0.15, 0.2) is 0 Å². The van der Waals surface area contributed by atoms with Crippen molar-refractivity contribution in [2.24, 2.45) is 0 Å². The van der Waals surface area contributed by atoms with Crippen LogP contribution in [-0.4, -0.2) is 63.5 Å². The van der Waals surface area contributed by atoms with Gasteiger partial charge < -0.3 is 15.3 Å². The molecule has 5 heteroatoms. The van der Waals surface area contributed by atoms with E-state index in [1.54, 1.807) is 0 Å². The van der Waals surface area contributed by atoms with E-state index in [1.807, 2.05) is 4.90 Å². The highest BCUT2D eigenvalue weighted by Gasteiger charge is 2.29. The van der Waals surface area contributed by atoms with Gasteiger partial charge in [0, 0.05) is 25.0 Å². The van der Waals surface area contributed by atoms with Crippen LogP contribution < -0.4 is 0 Å². The van der Waals surface area contributed by atoms with Crippen LogP contribution in [0.4, 0.5) is 0 Å². The Balaban J connectivity index is 2.27. The van der Waals surface area contributed by atoms with Crippen LogP contribution in [0.3, 0.4) is 0 Å². The zero-order valence-electron chi connectivity index (χ0n) is 6.73. The fraction of sp³-hybridized carbons (Fsp3) is 1.00. The molecule has 0 spiro atoms. The van der Waals surface area contributed by atoms with E-state index >= 15 is 0 Å². The summed E-state index contributed by atoms with van der Waals surface area (Å²) in [6.07, 6.45) is -1.75. The van der Waals surface area contributed by atoms with Gasteiger partial charge in [0.15, 0.2) is 0 Å². The summed E-state index contributed by atoms with van der Waals surface area (Å²) in [4.78, 5) is 1.85. The Labute approximate surface area is 79.9 Å². The van der Waals surface area contributed by atoms with Gasteiger partial charge in [0.2, 0.25) is 0 Å². The van der Waals surface area contributed by atoms with Gasteiger partial charge in [0.05, 0.1) is 18.3 Å². The molecule has 0 saturated carbocycles. The van der Waals surface area contributed by atoms with Crippen molar-refractivity contribution in [2.45, 2.75) is 18.3 Å². The maximum absolute atomic E-state index is 9.24. The summed E-state index contributed by atoms with van der Waals surface area (Å²) in [5, 5.41) is 28.1. The molecule has 0 aromatic heterocycles. The summed E-state index contributed by atoms with van der Waals surface area (Å²) in [7, 11) is 0. The normalized spacial score (nSPS) is 34.0. The molecule has 1 aliphatic heterocycles. The van der Waals surface area contributed by atoms with Crippen molar-refractivity contribution >= 4 is 15.9 Å². The summed E-state index contributed by atoms with van der Waals surface area (Å²) in [6.45, 7) is 1.40.